The van der Waals surface area contributed by atoms with Crippen molar-refractivity contribution in [2.45, 2.75) is 51.3 Å². The van der Waals surface area contributed by atoms with E-state index >= 15 is 0 Å². The Balaban J connectivity index is 2.09. The van der Waals surface area contributed by atoms with E-state index in [1.807, 2.05) is 7.11 Å². The summed E-state index contributed by atoms with van der Waals surface area (Å²) in [5, 5.41) is 3.70. The van der Waals surface area contributed by atoms with Gasteiger partial charge in [0.05, 0.1) is 6.10 Å². The lowest BCUT2D eigenvalue weighted by atomic mass is 9.93. The molecule has 1 aromatic carbocycles. The first-order valence-electron chi connectivity index (χ1n) is 8.35. The molecule has 1 aromatic rings. The molecule has 2 unspecified atom stereocenters. The number of methoxy groups -OCH3 is 1. The first-order valence-corrected chi connectivity index (χ1v) is 8.35. The van der Waals surface area contributed by atoms with Crippen LogP contribution < -0.4 is 5.32 Å². The Labute approximate surface area is 129 Å². The van der Waals surface area contributed by atoms with Crippen LogP contribution >= 0.6 is 0 Å². The molecule has 0 amide bonds. The minimum atomic E-state index is 0.417. The normalized spacial score (nSPS) is 20.3. The molecular formula is C18H30N2O. The molecule has 1 aliphatic heterocycles. The van der Waals surface area contributed by atoms with Crippen LogP contribution in [0.15, 0.2) is 30.3 Å². The van der Waals surface area contributed by atoms with E-state index in [0.717, 1.165) is 32.5 Å². The van der Waals surface area contributed by atoms with Gasteiger partial charge in [-0.15, -0.1) is 0 Å². The summed E-state index contributed by atoms with van der Waals surface area (Å²) in [6, 6.07) is 11.9. The van der Waals surface area contributed by atoms with Crippen molar-refractivity contribution < 1.29 is 4.74 Å². The lowest BCUT2D eigenvalue weighted by Crippen LogP contribution is -2.48. The van der Waals surface area contributed by atoms with E-state index in [0.29, 0.717) is 18.2 Å². The van der Waals surface area contributed by atoms with Gasteiger partial charge in [0.15, 0.2) is 0 Å². The van der Waals surface area contributed by atoms with Gasteiger partial charge in [0.2, 0.25) is 0 Å². The maximum atomic E-state index is 5.50. The molecular weight excluding hydrogens is 260 g/mol. The van der Waals surface area contributed by atoms with E-state index in [2.05, 4.69) is 54.4 Å². The van der Waals surface area contributed by atoms with Crippen LogP contribution in [0.5, 0.6) is 0 Å². The van der Waals surface area contributed by atoms with Crippen molar-refractivity contribution in [2.75, 3.05) is 26.7 Å². The quantitative estimate of drug-likeness (QED) is 0.834. The topological polar surface area (TPSA) is 24.5 Å². The fourth-order valence-electron chi connectivity index (χ4n) is 3.50. The Hall–Kier alpha value is -0.900. The van der Waals surface area contributed by atoms with E-state index < -0.39 is 0 Å². The van der Waals surface area contributed by atoms with Crippen molar-refractivity contribution in [3.63, 3.8) is 0 Å². The second-order valence-electron chi connectivity index (χ2n) is 5.89. The average molecular weight is 290 g/mol. The number of rotatable bonds is 7. The molecule has 2 atom stereocenters. The third-order valence-electron chi connectivity index (χ3n) is 4.66. The Morgan fingerprint density at radius 3 is 2.38 bits per heavy atom. The highest BCUT2D eigenvalue weighted by molar-refractivity contribution is 5.21. The number of likely N-dealkylation sites (N-methyl/N-ethyl adjacent to an activating group) is 1. The predicted octanol–water partition coefficient (Wildman–Crippen LogP) is 3.23. The maximum Gasteiger partial charge on any atom is 0.0595 e. The zero-order valence-corrected chi connectivity index (χ0v) is 13.7. The highest BCUT2D eigenvalue weighted by Crippen LogP contribution is 2.26. The number of hydrogen-bond acceptors (Lipinski definition) is 3. The minimum absolute atomic E-state index is 0.417. The number of ether oxygens (including phenoxy) is 1. The molecule has 3 nitrogen and oxygen atoms in total. The molecule has 0 aromatic heterocycles. The molecule has 0 bridgehead atoms. The second kappa shape index (κ2) is 8.52. The number of nitrogens with zero attached hydrogens (tertiary/aromatic N) is 1. The number of piperidine rings is 1. The van der Waals surface area contributed by atoms with E-state index in [-0.39, 0.29) is 0 Å². The van der Waals surface area contributed by atoms with Gasteiger partial charge in [-0.1, -0.05) is 44.2 Å². The zero-order valence-electron chi connectivity index (χ0n) is 13.7. The summed E-state index contributed by atoms with van der Waals surface area (Å²) in [6.07, 6.45) is 3.93. The van der Waals surface area contributed by atoms with E-state index in [4.69, 9.17) is 4.74 Å². The Morgan fingerprint density at radius 2 is 1.86 bits per heavy atom. The van der Waals surface area contributed by atoms with Gasteiger partial charge in [0.1, 0.15) is 0 Å². The highest BCUT2D eigenvalue weighted by Gasteiger charge is 2.29. The molecule has 118 valence electrons. The first-order chi connectivity index (χ1) is 10.3. The van der Waals surface area contributed by atoms with E-state index in [1.165, 1.54) is 12.0 Å². The van der Waals surface area contributed by atoms with E-state index in [9.17, 15) is 0 Å². The molecule has 0 aliphatic carbocycles. The number of likely N-dealkylation sites (tertiary alicyclic amines) is 1. The Kier molecular flexibility index (Phi) is 6.68. The van der Waals surface area contributed by atoms with E-state index in [1.54, 1.807) is 0 Å². The highest BCUT2D eigenvalue weighted by atomic mass is 16.5. The van der Waals surface area contributed by atoms with Crippen molar-refractivity contribution in [1.29, 1.82) is 0 Å². The van der Waals surface area contributed by atoms with Crippen molar-refractivity contribution in [2.24, 2.45) is 0 Å². The molecule has 2 rings (SSSR count). The van der Waals surface area contributed by atoms with Crippen molar-refractivity contribution >= 4 is 0 Å². The summed E-state index contributed by atoms with van der Waals surface area (Å²) in [5.74, 6) is 0. The van der Waals surface area contributed by atoms with Crippen molar-refractivity contribution in [3.05, 3.63) is 35.9 Å². The van der Waals surface area contributed by atoms with Crippen LogP contribution in [0.4, 0.5) is 0 Å². The Bertz CT molecular complexity index is 387. The molecule has 1 aliphatic rings. The number of benzene rings is 1. The van der Waals surface area contributed by atoms with Crippen LogP contribution in [0.2, 0.25) is 0 Å². The fraction of sp³-hybridized carbons (Fsp3) is 0.667. The minimum Gasteiger partial charge on any atom is -0.381 e. The molecule has 1 N–H and O–H groups in total. The molecule has 0 saturated carbocycles. The van der Waals surface area contributed by atoms with Gasteiger partial charge < -0.3 is 10.1 Å². The fourth-order valence-corrected chi connectivity index (χ4v) is 3.50. The summed E-state index contributed by atoms with van der Waals surface area (Å²) < 4.78 is 5.50. The maximum absolute atomic E-state index is 5.50. The first kappa shape index (κ1) is 16.5. The summed E-state index contributed by atoms with van der Waals surface area (Å²) in [5.41, 5.74) is 1.40. The molecule has 1 saturated heterocycles. The Morgan fingerprint density at radius 1 is 1.19 bits per heavy atom. The zero-order chi connectivity index (χ0) is 15.1. The monoisotopic (exact) mass is 290 g/mol. The van der Waals surface area contributed by atoms with Gasteiger partial charge in [-0.05, 0) is 31.4 Å². The molecule has 0 spiro atoms. The number of hydrogen-bond donors (Lipinski definition) is 1. The third kappa shape index (κ3) is 4.29. The average Bonchev–Trinajstić information content (AvgIpc) is 2.56. The second-order valence-corrected chi connectivity index (χ2v) is 5.89. The summed E-state index contributed by atoms with van der Waals surface area (Å²) in [7, 11) is 1.84. The molecule has 0 radical (unpaired) electrons. The van der Waals surface area contributed by atoms with Crippen molar-refractivity contribution in [3.8, 4) is 0 Å². The van der Waals surface area contributed by atoms with Gasteiger partial charge in [-0.25, -0.2) is 0 Å². The smallest absolute Gasteiger partial charge is 0.0595 e. The van der Waals surface area contributed by atoms with Gasteiger partial charge >= 0.3 is 0 Å². The third-order valence-corrected chi connectivity index (χ3v) is 4.66. The lowest BCUT2D eigenvalue weighted by Gasteiger charge is -2.41. The largest absolute Gasteiger partial charge is 0.381 e. The molecule has 1 heterocycles. The van der Waals surface area contributed by atoms with Crippen LogP contribution in [-0.4, -0.2) is 43.8 Å². The van der Waals surface area contributed by atoms with Gasteiger partial charge in [0.25, 0.3) is 0 Å². The van der Waals surface area contributed by atoms with Gasteiger partial charge in [-0.2, -0.15) is 0 Å². The summed E-state index contributed by atoms with van der Waals surface area (Å²) >= 11 is 0. The van der Waals surface area contributed by atoms with Gasteiger partial charge in [0, 0.05) is 32.3 Å². The molecule has 21 heavy (non-hydrogen) atoms. The lowest BCUT2D eigenvalue weighted by molar-refractivity contribution is 0.0196. The standard InChI is InChI=1S/C18H30N2O/c1-4-17(20-13-11-16(21-3)12-14-20)18(19-5-2)15-9-7-6-8-10-15/h6-10,16-19H,4-5,11-14H2,1-3H3. The molecule has 3 heteroatoms. The van der Waals surface area contributed by atoms with Crippen LogP contribution in [-0.2, 0) is 4.74 Å². The van der Waals surface area contributed by atoms with Crippen LogP contribution in [0, 0.1) is 0 Å². The number of nitrogens with one attached hydrogen (secondary N) is 1. The SMILES string of the molecule is CCNC(c1ccccc1)C(CC)N1CCC(OC)CC1. The van der Waals surface area contributed by atoms with Crippen LogP contribution in [0.3, 0.4) is 0 Å². The van der Waals surface area contributed by atoms with Gasteiger partial charge in [-0.3, -0.25) is 4.90 Å². The summed E-state index contributed by atoms with van der Waals surface area (Å²) in [4.78, 5) is 2.65. The van der Waals surface area contributed by atoms with Crippen LogP contribution in [0.1, 0.15) is 44.7 Å². The van der Waals surface area contributed by atoms with Crippen LogP contribution in [0.25, 0.3) is 0 Å². The van der Waals surface area contributed by atoms with Crippen molar-refractivity contribution in [1.82, 2.24) is 10.2 Å². The molecule has 1 fully saturated rings. The predicted molar refractivity (Wildman–Crippen MR) is 88.5 cm³/mol. The summed E-state index contributed by atoms with van der Waals surface area (Å²) in [6.45, 7) is 7.79.